The Morgan fingerprint density at radius 3 is 2.32 bits per heavy atom. The zero-order valence-corrected chi connectivity index (χ0v) is 22.2. The summed E-state index contributed by atoms with van der Waals surface area (Å²) in [7, 11) is 0. The summed E-state index contributed by atoms with van der Waals surface area (Å²) < 4.78 is 1.58. The monoisotopic (exact) mass is 535 g/mol. The molecular formula is C28H26ClN3O4S. The largest absolute Gasteiger partial charge is 0.480 e. The third kappa shape index (κ3) is 5.35. The molecule has 4 rings (SSSR count). The van der Waals surface area contributed by atoms with Crippen LogP contribution in [0.2, 0.25) is 5.02 Å². The molecule has 2 aromatic heterocycles. The number of nitrogens with zero attached hydrogens (tertiary/aromatic N) is 2. The molecule has 0 spiro atoms. The minimum atomic E-state index is -1.16. The van der Waals surface area contributed by atoms with E-state index in [4.69, 9.17) is 21.7 Å². The second-order valence-corrected chi connectivity index (χ2v) is 9.75. The van der Waals surface area contributed by atoms with E-state index in [1.165, 1.54) is 17.4 Å². The van der Waals surface area contributed by atoms with Crippen LogP contribution in [0.5, 0.6) is 0 Å². The number of pyridine rings is 1. The summed E-state index contributed by atoms with van der Waals surface area (Å²) in [5.41, 5.74) is 4.85. The van der Waals surface area contributed by atoms with Gasteiger partial charge in [0.1, 0.15) is 11.6 Å². The number of carbonyl (C=O) groups is 2. The first kappa shape index (κ1) is 26.3. The molecule has 2 heterocycles. The second-order valence-electron chi connectivity index (χ2n) is 8.45. The Morgan fingerprint density at radius 1 is 1.08 bits per heavy atom. The lowest BCUT2D eigenvalue weighted by Gasteiger charge is -2.21. The molecule has 4 aromatic rings. The topological polar surface area (TPSA) is 101 Å². The molecule has 0 saturated heterocycles. The number of hydrogen-bond donors (Lipinski definition) is 2. The summed E-state index contributed by atoms with van der Waals surface area (Å²) in [4.78, 5) is 42.9. The molecule has 1 amide bonds. The first-order chi connectivity index (χ1) is 17.7. The van der Waals surface area contributed by atoms with Crippen LogP contribution in [0, 0.1) is 6.92 Å². The molecule has 0 atom stereocenters. The Hall–Kier alpha value is -3.75. The molecule has 0 unspecified atom stereocenters. The van der Waals surface area contributed by atoms with Crippen molar-refractivity contribution < 1.29 is 14.7 Å². The van der Waals surface area contributed by atoms with Gasteiger partial charge in [-0.05, 0) is 49.1 Å². The van der Waals surface area contributed by atoms with Crippen molar-refractivity contribution in [2.75, 3.05) is 6.54 Å². The molecule has 0 aliphatic carbocycles. The summed E-state index contributed by atoms with van der Waals surface area (Å²) in [6, 6.07) is 14.7. The van der Waals surface area contributed by atoms with Crippen LogP contribution < -0.4 is 10.9 Å². The van der Waals surface area contributed by atoms with E-state index in [0.717, 1.165) is 22.4 Å². The van der Waals surface area contributed by atoms with Crippen LogP contribution in [0.25, 0.3) is 27.5 Å². The van der Waals surface area contributed by atoms with E-state index in [9.17, 15) is 14.4 Å². The molecule has 7 nitrogen and oxygen atoms in total. The predicted molar refractivity (Wildman–Crippen MR) is 147 cm³/mol. The summed E-state index contributed by atoms with van der Waals surface area (Å²) in [6.45, 7) is 5.20. The number of carbonyl (C=O) groups excluding carboxylic acids is 1. The highest BCUT2D eigenvalue weighted by Gasteiger charge is 2.23. The first-order valence-corrected chi connectivity index (χ1v) is 13.1. The number of hydrogen-bond acceptors (Lipinski definition) is 5. The quantitative estimate of drug-likeness (QED) is 0.309. The lowest BCUT2D eigenvalue weighted by atomic mass is 10.0. The number of carboxylic acids is 1. The normalized spacial score (nSPS) is 10.9. The molecule has 2 aromatic carbocycles. The van der Waals surface area contributed by atoms with E-state index in [-0.39, 0.29) is 16.7 Å². The first-order valence-electron chi connectivity index (χ1n) is 11.8. The molecule has 0 fully saturated rings. The summed E-state index contributed by atoms with van der Waals surface area (Å²) >= 11 is 7.32. The summed E-state index contributed by atoms with van der Waals surface area (Å²) in [6.07, 6.45) is 1.38. The molecule has 190 valence electrons. The minimum Gasteiger partial charge on any atom is -0.480 e. The smallest absolute Gasteiger partial charge is 0.322 e. The number of benzene rings is 2. The van der Waals surface area contributed by atoms with E-state index < -0.39 is 18.4 Å². The van der Waals surface area contributed by atoms with E-state index in [1.807, 2.05) is 49.6 Å². The third-order valence-electron chi connectivity index (χ3n) is 6.16. The number of rotatable bonds is 8. The van der Waals surface area contributed by atoms with Gasteiger partial charge in [-0.2, -0.15) is 0 Å². The number of carboxylic acid groups (broad SMARTS) is 1. The lowest BCUT2D eigenvalue weighted by molar-refractivity contribution is -0.135. The Bertz CT molecular complexity index is 1520. The zero-order chi connectivity index (χ0) is 26.7. The standard InChI is InChI=1S/C28H26ClN3O4S/c1-4-17-7-6-8-18(5-2)25(17)32-16(3)21(26(35)30-14-24(33)34)13-22(28(32)36)27-31-23(15-37-27)19-9-11-20(29)12-10-19/h6-13,15H,4-5,14H2,1-3H3,(H,30,35)(H,33,34). The van der Waals surface area contributed by atoms with Crippen molar-refractivity contribution >= 4 is 34.8 Å². The average Bonchev–Trinajstić information content (AvgIpc) is 3.37. The highest BCUT2D eigenvalue weighted by atomic mass is 35.5. The van der Waals surface area contributed by atoms with Crippen molar-refractivity contribution in [1.82, 2.24) is 14.9 Å². The molecular weight excluding hydrogens is 510 g/mol. The van der Waals surface area contributed by atoms with Gasteiger partial charge >= 0.3 is 5.97 Å². The molecule has 9 heteroatoms. The molecule has 0 saturated carbocycles. The van der Waals surface area contributed by atoms with Crippen molar-refractivity contribution in [2.45, 2.75) is 33.6 Å². The van der Waals surface area contributed by atoms with Gasteiger partial charge in [-0.15, -0.1) is 11.3 Å². The van der Waals surface area contributed by atoms with Crippen LogP contribution in [0.4, 0.5) is 0 Å². The van der Waals surface area contributed by atoms with E-state index in [0.29, 0.717) is 34.3 Å². The number of aliphatic carboxylic acids is 1. The van der Waals surface area contributed by atoms with Gasteiger partial charge in [0.2, 0.25) is 0 Å². The van der Waals surface area contributed by atoms with E-state index in [2.05, 4.69) is 5.32 Å². The van der Waals surface area contributed by atoms with Gasteiger partial charge in [0.15, 0.2) is 0 Å². The van der Waals surface area contributed by atoms with Crippen molar-refractivity contribution in [3.05, 3.63) is 91.7 Å². The SMILES string of the molecule is CCc1cccc(CC)c1-n1c(C)c(C(=O)NCC(=O)O)cc(-c2nc(-c3ccc(Cl)cc3)cs2)c1=O. The number of nitrogens with one attached hydrogen (secondary N) is 1. The average molecular weight is 536 g/mol. The van der Waals surface area contributed by atoms with Gasteiger partial charge in [-0.3, -0.25) is 19.0 Å². The minimum absolute atomic E-state index is 0.215. The Balaban J connectivity index is 1.96. The highest BCUT2D eigenvalue weighted by molar-refractivity contribution is 7.13. The van der Waals surface area contributed by atoms with Gasteiger partial charge in [-0.1, -0.05) is 55.8 Å². The lowest BCUT2D eigenvalue weighted by Crippen LogP contribution is -2.33. The number of halogens is 1. The van der Waals surface area contributed by atoms with Crippen LogP contribution in [-0.4, -0.2) is 33.1 Å². The fourth-order valence-corrected chi connectivity index (χ4v) is 5.22. The van der Waals surface area contributed by atoms with Crippen molar-refractivity contribution in [3.8, 4) is 27.5 Å². The van der Waals surface area contributed by atoms with Gasteiger partial charge in [0, 0.05) is 21.7 Å². The number of thiazole rings is 1. The maximum absolute atomic E-state index is 14.0. The Kier molecular flexibility index (Phi) is 7.90. The van der Waals surface area contributed by atoms with Crippen molar-refractivity contribution in [2.24, 2.45) is 0 Å². The summed E-state index contributed by atoms with van der Waals surface area (Å²) in [5.74, 6) is -1.73. The van der Waals surface area contributed by atoms with Crippen LogP contribution in [-0.2, 0) is 17.6 Å². The molecule has 0 aliphatic rings. The zero-order valence-electron chi connectivity index (χ0n) is 20.7. The predicted octanol–water partition coefficient (Wildman–Crippen LogP) is 5.53. The fourth-order valence-electron chi connectivity index (χ4n) is 4.26. The van der Waals surface area contributed by atoms with Gasteiger partial charge in [0.05, 0.1) is 22.5 Å². The molecule has 37 heavy (non-hydrogen) atoms. The van der Waals surface area contributed by atoms with Crippen LogP contribution in [0.15, 0.2) is 58.7 Å². The number of amides is 1. The third-order valence-corrected chi connectivity index (χ3v) is 7.28. The van der Waals surface area contributed by atoms with E-state index >= 15 is 0 Å². The number of aryl methyl sites for hydroxylation is 2. The molecule has 0 radical (unpaired) electrons. The summed E-state index contributed by atoms with van der Waals surface area (Å²) in [5, 5.41) is 14.4. The maximum atomic E-state index is 14.0. The van der Waals surface area contributed by atoms with Gasteiger partial charge in [0.25, 0.3) is 11.5 Å². The van der Waals surface area contributed by atoms with Gasteiger partial charge in [-0.25, -0.2) is 4.98 Å². The second kappa shape index (κ2) is 11.1. The Labute approximate surface area is 223 Å². The van der Waals surface area contributed by atoms with Gasteiger partial charge < -0.3 is 10.4 Å². The van der Waals surface area contributed by atoms with Crippen molar-refractivity contribution in [1.29, 1.82) is 0 Å². The Morgan fingerprint density at radius 2 is 1.73 bits per heavy atom. The number of para-hydroxylation sites is 1. The van der Waals surface area contributed by atoms with Crippen LogP contribution in [0.3, 0.4) is 0 Å². The number of aromatic nitrogens is 2. The van der Waals surface area contributed by atoms with Crippen LogP contribution >= 0.6 is 22.9 Å². The molecule has 0 bridgehead atoms. The fraction of sp³-hybridized carbons (Fsp3) is 0.214. The van der Waals surface area contributed by atoms with Crippen molar-refractivity contribution in [3.63, 3.8) is 0 Å². The molecule has 2 N–H and O–H groups in total. The highest BCUT2D eigenvalue weighted by Crippen LogP contribution is 2.30. The van der Waals surface area contributed by atoms with Crippen LogP contribution in [0.1, 0.15) is 41.0 Å². The maximum Gasteiger partial charge on any atom is 0.322 e. The van der Waals surface area contributed by atoms with E-state index in [1.54, 1.807) is 23.6 Å². The molecule has 0 aliphatic heterocycles.